The van der Waals surface area contributed by atoms with Crippen molar-refractivity contribution in [2.24, 2.45) is 5.92 Å². The highest BCUT2D eigenvalue weighted by Gasteiger charge is 2.33. The molecule has 0 bridgehead atoms. The third-order valence-electron chi connectivity index (χ3n) is 5.28. The zero-order valence-corrected chi connectivity index (χ0v) is 17.2. The molecule has 1 aliphatic rings. The molecular weight excluding hydrogens is 352 g/mol. The van der Waals surface area contributed by atoms with E-state index in [4.69, 9.17) is 4.74 Å². The molecule has 0 N–H and O–H groups in total. The van der Waals surface area contributed by atoms with E-state index in [2.05, 4.69) is 0 Å². The van der Waals surface area contributed by atoms with Gasteiger partial charge in [0.2, 0.25) is 15.9 Å². The quantitative estimate of drug-likeness (QED) is 0.758. The van der Waals surface area contributed by atoms with Crippen LogP contribution in [0.1, 0.15) is 37.8 Å². The van der Waals surface area contributed by atoms with Crippen LogP contribution in [-0.2, 0) is 14.8 Å². The second-order valence-electron chi connectivity index (χ2n) is 6.83. The minimum Gasteiger partial charge on any atom is -0.495 e. The number of ether oxygens (including phenoxy) is 1. The third-order valence-corrected chi connectivity index (χ3v) is 7.20. The summed E-state index contributed by atoms with van der Waals surface area (Å²) in [7, 11) is -2.17. The van der Waals surface area contributed by atoms with Gasteiger partial charge in [0.1, 0.15) is 10.6 Å². The zero-order chi connectivity index (χ0) is 19.5. The molecule has 26 heavy (non-hydrogen) atoms. The van der Waals surface area contributed by atoms with Crippen LogP contribution in [0.25, 0.3) is 0 Å². The molecule has 1 fully saturated rings. The predicted octanol–water partition coefficient (Wildman–Crippen LogP) is 2.58. The van der Waals surface area contributed by atoms with Crippen molar-refractivity contribution in [3.8, 4) is 5.75 Å². The summed E-state index contributed by atoms with van der Waals surface area (Å²) in [5, 5.41) is 0. The van der Waals surface area contributed by atoms with Crippen molar-refractivity contribution in [2.45, 2.75) is 45.4 Å². The van der Waals surface area contributed by atoms with Crippen molar-refractivity contribution in [1.29, 1.82) is 0 Å². The molecule has 6 nitrogen and oxygen atoms in total. The fraction of sp³-hybridized carbons (Fsp3) is 0.632. The largest absolute Gasteiger partial charge is 0.495 e. The third kappa shape index (κ3) is 4.04. The first kappa shape index (κ1) is 20.7. The Morgan fingerprint density at radius 3 is 2.12 bits per heavy atom. The number of hydrogen-bond acceptors (Lipinski definition) is 4. The number of carbonyl (C=O) groups is 1. The van der Waals surface area contributed by atoms with E-state index in [1.807, 2.05) is 27.7 Å². The Balaban J connectivity index is 2.18. The molecule has 0 aromatic heterocycles. The summed E-state index contributed by atoms with van der Waals surface area (Å²) in [5.74, 6) is 0.525. The maximum Gasteiger partial charge on any atom is 0.246 e. The van der Waals surface area contributed by atoms with Gasteiger partial charge in [-0.25, -0.2) is 8.42 Å². The van der Waals surface area contributed by atoms with Gasteiger partial charge in [0, 0.05) is 32.1 Å². The Kier molecular flexibility index (Phi) is 6.69. The second-order valence-corrected chi connectivity index (χ2v) is 8.74. The first-order chi connectivity index (χ1) is 12.3. The van der Waals surface area contributed by atoms with E-state index < -0.39 is 10.0 Å². The van der Waals surface area contributed by atoms with Crippen LogP contribution in [0, 0.1) is 19.8 Å². The van der Waals surface area contributed by atoms with Gasteiger partial charge in [0.05, 0.1) is 7.11 Å². The van der Waals surface area contributed by atoms with Crippen LogP contribution in [-0.4, -0.2) is 56.8 Å². The molecule has 0 spiro atoms. The van der Waals surface area contributed by atoms with Gasteiger partial charge in [0.25, 0.3) is 0 Å². The number of benzene rings is 1. The molecule has 1 heterocycles. The smallest absolute Gasteiger partial charge is 0.246 e. The molecule has 2 rings (SSSR count). The minimum absolute atomic E-state index is 0.0259. The normalized spacial score (nSPS) is 16.2. The van der Waals surface area contributed by atoms with E-state index in [1.54, 1.807) is 17.0 Å². The van der Waals surface area contributed by atoms with Crippen LogP contribution >= 0.6 is 0 Å². The summed E-state index contributed by atoms with van der Waals surface area (Å²) in [5.41, 5.74) is 1.90. The molecule has 0 atom stereocenters. The lowest BCUT2D eigenvalue weighted by Gasteiger charge is -2.35. The lowest BCUT2D eigenvalue weighted by molar-refractivity contribution is -0.136. The number of methoxy groups -OCH3 is 1. The fourth-order valence-corrected chi connectivity index (χ4v) is 4.95. The first-order valence-electron chi connectivity index (χ1n) is 9.20. The van der Waals surface area contributed by atoms with Gasteiger partial charge in [-0.1, -0.05) is 13.8 Å². The van der Waals surface area contributed by atoms with Crippen LogP contribution in [0.2, 0.25) is 0 Å². The highest BCUT2D eigenvalue weighted by Crippen LogP contribution is 2.30. The van der Waals surface area contributed by atoms with E-state index in [-0.39, 0.29) is 16.7 Å². The summed E-state index contributed by atoms with van der Waals surface area (Å²) in [6.45, 7) is 9.33. The standard InChI is InChI=1S/C19H30N2O4S/c1-6-16(7-2)19(22)20-8-10-21(11-9-20)26(23,24)18-13-15(4)14(3)12-17(18)25-5/h12-13,16H,6-11H2,1-5H3. The number of nitrogens with zero attached hydrogens (tertiary/aromatic N) is 2. The maximum absolute atomic E-state index is 13.1. The topological polar surface area (TPSA) is 66.9 Å². The Morgan fingerprint density at radius 1 is 1.08 bits per heavy atom. The summed E-state index contributed by atoms with van der Waals surface area (Å²) in [6, 6.07) is 3.43. The van der Waals surface area contributed by atoms with Crippen LogP contribution in [0.15, 0.2) is 17.0 Å². The van der Waals surface area contributed by atoms with Crippen LogP contribution < -0.4 is 4.74 Å². The van der Waals surface area contributed by atoms with E-state index in [1.165, 1.54) is 11.4 Å². The van der Waals surface area contributed by atoms with Crippen molar-refractivity contribution in [3.63, 3.8) is 0 Å². The summed E-state index contributed by atoms with van der Waals surface area (Å²) in [6.07, 6.45) is 1.63. The number of amides is 1. The van der Waals surface area contributed by atoms with Crippen LogP contribution in [0.5, 0.6) is 5.75 Å². The number of carbonyl (C=O) groups excluding carboxylic acids is 1. The summed E-state index contributed by atoms with van der Waals surface area (Å²) < 4.78 is 33.0. The number of piperazine rings is 1. The van der Waals surface area contributed by atoms with Gasteiger partial charge in [-0.3, -0.25) is 4.79 Å². The average molecular weight is 383 g/mol. The number of rotatable bonds is 6. The molecule has 0 unspecified atom stereocenters. The number of sulfonamides is 1. The number of hydrogen-bond donors (Lipinski definition) is 0. The van der Waals surface area contributed by atoms with E-state index in [0.717, 1.165) is 24.0 Å². The fourth-order valence-electron chi connectivity index (χ4n) is 3.31. The molecule has 0 aliphatic carbocycles. The molecule has 1 saturated heterocycles. The molecule has 1 amide bonds. The summed E-state index contributed by atoms with van der Waals surface area (Å²) >= 11 is 0. The second kappa shape index (κ2) is 8.39. The monoisotopic (exact) mass is 382 g/mol. The average Bonchev–Trinajstić information content (AvgIpc) is 2.64. The lowest BCUT2D eigenvalue weighted by Crippen LogP contribution is -2.51. The van der Waals surface area contributed by atoms with E-state index >= 15 is 0 Å². The van der Waals surface area contributed by atoms with Gasteiger partial charge >= 0.3 is 0 Å². The number of aryl methyl sites for hydroxylation is 2. The molecule has 1 aliphatic heterocycles. The zero-order valence-electron chi connectivity index (χ0n) is 16.4. The lowest BCUT2D eigenvalue weighted by atomic mass is 10.0. The molecule has 0 radical (unpaired) electrons. The Hall–Kier alpha value is -1.60. The molecule has 1 aromatic carbocycles. The van der Waals surface area contributed by atoms with Crippen molar-refractivity contribution in [2.75, 3.05) is 33.3 Å². The SMILES string of the molecule is CCC(CC)C(=O)N1CCN(S(=O)(=O)c2cc(C)c(C)cc2OC)CC1. The van der Waals surface area contributed by atoms with Gasteiger partial charge < -0.3 is 9.64 Å². The van der Waals surface area contributed by atoms with Gasteiger partial charge in [0.15, 0.2) is 0 Å². The first-order valence-corrected chi connectivity index (χ1v) is 10.6. The molecule has 1 aromatic rings. The Bertz CT molecular complexity index is 749. The highest BCUT2D eigenvalue weighted by atomic mass is 32.2. The van der Waals surface area contributed by atoms with Crippen molar-refractivity contribution in [1.82, 2.24) is 9.21 Å². The Labute approximate surface area is 157 Å². The van der Waals surface area contributed by atoms with E-state index in [0.29, 0.717) is 31.9 Å². The van der Waals surface area contributed by atoms with E-state index in [9.17, 15) is 13.2 Å². The molecular formula is C19H30N2O4S. The highest BCUT2D eigenvalue weighted by molar-refractivity contribution is 7.89. The predicted molar refractivity (Wildman–Crippen MR) is 102 cm³/mol. The van der Waals surface area contributed by atoms with Crippen molar-refractivity contribution in [3.05, 3.63) is 23.3 Å². The Morgan fingerprint density at radius 2 is 1.62 bits per heavy atom. The van der Waals surface area contributed by atoms with Crippen LogP contribution in [0.3, 0.4) is 0 Å². The van der Waals surface area contributed by atoms with Crippen molar-refractivity contribution < 1.29 is 17.9 Å². The van der Waals surface area contributed by atoms with Crippen molar-refractivity contribution >= 4 is 15.9 Å². The van der Waals surface area contributed by atoms with Gasteiger partial charge in [-0.2, -0.15) is 4.31 Å². The maximum atomic E-state index is 13.1. The minimum atomic E-state index is -3.65. The molecule has 7 heteroatoms. The van der Waals surface area contributed by atoms with Gasteiger partial charge in [-0.15, -0.1) is 0 Å². The summed E-state index contributed by atoms with van der Waals surface area (Å²) in [4.78, 5) is 14.5. The van der Waals surface area contributed by atoms with Gasteiger partial charge in [-0.05, 0) is 49.9 Å². The molecule has 0 saturated carbocycles. The molecule has 146 valence electrons. The van der Waals surface area contributed by atoms with Crippen LogP contribution in [0.4, 0.5) is 0 Å².